The van der Waals surface area contributed by atoms with Gasteiger partial charge in [-0.05, 0) is 50.3 Å². The lowest BCUT2D eigenvalue weighted by Gasteiger charge is -2.23. The molecule has 0 atom stereocenters. The number of nitrogens with one attached hydrogen (secondary N) is 1. The second-order valence-corrected chi connectivity index (χ2v) is 5.72. The Labute approximate surface area is 131 Å². The predicted molar refractivity (Wildman–Crippen MR) is 76.8 cm³/mol. The Morgan fingerprint density at radius 1 is 0.913 bits per heavy atom. The molecule has 132 valence electrons. The van der Waals surface area contributed by atoms with Crippen molar-refractivity contribution < 1.29 is 26.3 Å². The molecule has 0 aromatic rings. The van der Waals surface area contributed by atoms with Gasteiger partial charge in [0.2, 0.25) is 0 Å². The van der Waals surface area contributed by atoms with Crippen LogP contribution in [0.2, 0.25) is 0 Å². The highest BCUT2D eigenvalue weighted by molar-refractivity contribution is 5.80. The van der Waals surface area contributed by atoms with Crippen molar-refractivity contribution in [1.82, 2.24) is 5.43 Å². The normalized spacial score (nSPS) is 17.0. The van der Waals surface area contributed by atoms with Gasteiger partial charge in [-0.2, -0.15) is 31.4 Å². The van der Waals surface area contributed by atoms with E-state index in [1.54, 1.807) is 20.8 Å². The summed E-state index contributed by atoms with van der Waals surface area (Å²) in [7, 11) is 0. The summed E-state index contributed by atoms with van der Waals surface area (Å²) in [5.74, 6) is -0.878. The van der Waals surface area contributed by atoms with Gasteiger partial charge in [0.05, 0.1) is 6.21 Å². The van der Waals surface area contributed by atoms with Gasteiger partial charge in [0.25, 0.3) is 0 Å². The van der Waals surface area contributed by atoms with Crippen molar-refractivity contribution in [3.8, 4) is 0 Å². The van der Waals surface area contributed by atoms with Crippen LogP contribution in [-0.4, -0.2) is 18.6 Å². The van der Waals surface area contributed by atoms with Crippen molar-refractivity contribution in [2.75, 3.05) is 0 Å². The van der Waals surface area contributed by atoms with E-state index in [4.69, 9.17) is 0 Å². The van der Waals surface area contributed by atoms with E-state index in [9.17, 15) is 26.3 Å². The number of allylic oxidation sites excluding steroid dienone is 4. The molecular formula is C15H20F6N2. The Hall–Kier alpha value is -1.47. The number of rotatable bonds is 5. The Balaban J connectivity index is 3.04. The maximum atomic E-state index is 12.5. The molecule has 0 amide bonds. The van der Waals surface area contributed by atoms with Gasteiger partial charge in [-0.15, -0.1) is 0 Å². The first kappa shape index (κ1) is 19.6. The van der Waals surface area contributed by atoms with Crippen molar-refractivity contribution in [3.63, 3.8) is 0 Å². The smallest absolute Gasteiger partial charge is 0.282 e. The van der Waals surface area contributed by atoms with Gasteiger partial charge in [0.1, 0.15) is 0 Å². The zero-order valence-electron chi connectivity index (χ0n) is 13.2. The monoisotopic (exact) mass is 342 g/mol. The Kier molecular flexibility index (Phi) is 6.30. The van der Waals surface area contributed by atoms with Crippen LogP contribution in [0.5, 0.6) is 0 Å². The molecule has 0 aromatic heterocycles. The van der Waals surface area contributed by atoms with Gasteiger partial charge in [0.15, 0.2) is 0 Å². The van der Waals surface area contributed by atoms with Crippen molar-refractivity contribution in [2.45, 2.75) is 58.8 Å². The summed E-state index contributed by atoms with van der Waals surface area (Å²) in [6.07, 6.45) is -10.4. The van der Waals surface area contributed by atoms with Crippen molar-refractivity contribution in [2.24, 2.45) is 11.0 Å². The maximum absolute atomic E-state index is 12.5. The van der Waals surface area contributed by atoms with Crippen LogP contribution in [0.15, 0.2) is 27.5 Å². The third kappa shape index (κ3) is 6.66. The molecule has 0 fully saturated rings. The minimum Gasteiger partial charge on any atom is -0.282 e. The van der Waals surface area contributed by atoms with Crippen LogP contribution in [-0.2, 0) is 0 Å². The highest BCUT2D eigenvalue weighted by atomic mass is 19.4. The van der Waals surface area contributed by atoms with Crippen LogP contribution in [0, 0.1) is 5.92 Å². The second-order valence-electron chi connectivity index (χ2n) is 5.72. The van der Waals surface area contributed by atoms with Gasteiger partial charge in [-0.25, -0.2) is 0 Å². The first-order chi connectivity index (χ1) is 10.4. The van der Waals surface area contributed by atoms with E-state index in [0.29, 0.717) is 11.3 Å². The number of hydrogen-bond donors (Lipinski definition) is 1. The third-order valence-electron chi connectivity index (χ3n) is 3.96. The Bertz CT molecular complexity index is 493. The van der Waals surface area contributed by atoms with Gasteiger partial charge >= 0.3 is 12.4 Å². The fourth-order valence-corrected chi connectivity index (χ4v) is 2.38. The number of hydrazone groups is 1. The summed E-state index contributed by atoms with van der Waals surface area (Å²) in [5.41, 5.74) is 5.24. The van der Waals surface area contributed by atoms with E-state index in [0.717, 1.165) is 11.1 Å². The maximum Gasteiger partial charge on any atom is 0.389 e. The molecular weight excluding hydrogens is 322 g/mol. The fourth-order valence-electron chi connectivity index (χ4n) is 2.38. The molecule has 0 bridgehead atoms. The molecule has 0 radical (unpaired) electrons. The van der Waals surface area contributed by atoms with Gasteiger partial charge < -0.3 is 0 Å². The summed E-state index contributed by atoms with van der Waals surface area (Å²) in [4.78, 5) is 0. The Morgan fingerprint density at radius 2 is 1.39 bits per heavy atom. The zero-order valence-corrected chi connectivity index (χ0v) is 13.2. The summed E-state index contributed by atoms with van der Waals surface area (Å²) in [6.45, 7) is 5.24. The van der Waals surface area contributed by atoms with E-state index >= 15 is 0 Å². The molecule has 8 heteroatoms. The van der Waals surface area contributed by atoms with Crippen molar-refractivity contribution in [3.05, 3.63) is 22.4 Å². The lowest BCUT2D eigenvalue weighted by Crippen LogP contribution is -2.22. The van der Waals surface area contributed by atoms with E-state index < -0.39 is 44.0 Å². The molecule has 1 heterocycles. The second kappa shape index (κ2) is 7.40. The minimum atomic E-state index is -4.40. The lowest BCUT2D eigenvalue weighted by molar-refractivity contribution is -0.142. The molecule has 0 unspecified atom stereocenters. The Morgan fingerprint density at radius 3 is 1.83 bits per heavy atom. The summed E-state index contributed by atoms with van der Waals surface area (Å²) in [5, 5.41) is 3.89. The van der Waals surface area contributed by atoms with Crippen molar-refractivity contribution >= 4 is 6.21 Å². The number of halogens is 6. The lowest BCUT2D eigenvalue weighted by atomic mass is 9.89. The van der Waals surface area contributed by atoms with Gasteiger partial charge in [-0.1, -0.05) is 0 Å². The zero-order chi connectivity index (χ0) is 17.8. The molecule has 0 spiro atoms. The average Bonchev–Trinajstić information content (AvgIpc) is 2.51. The van der Waals surface area contributed by atoms with Crippen LogP contribution in [0.1, 0.15) is 46.5 Å². The highest BCUT2D eigenvalue weighted by Gasteiger charge is 2.33. The van der Waals surface area contributed by atoms with Crippen LogP contribution in [0.3, 0.4) is 0 Å². The molecule has 2 nitrogen and oxygen atoms in total. The SMILES string of the molecule is CC1=C(C)C(C)=C(C(CCC(F)(F)F)CCC(F)(F)F)NN=C1. The standard InChI is InChI=1S/C15H20F6N2/c1-9-8-22-23-13(11(3)10(9)2)12(4-6-14(16,17)18)5-7-15(19,20)21/h8,12,23H,4-7H2,1-3H3. The van der Waals surface area contributed by atoms with Crippen LogP contribution < -0.4 is 5.43 Å². The molecule has 1 aliphatic heterocycles. The average molecular weight is 342 g/mol. The van der Waals surface area contributed by atoms with E-state index in [1.165, 1.54) is 6.21 Å². The van der Waals surface area contributed by atoms with E-state index in [-0.39, 0.29) is 0 Å². The van der Waals surface area contributed by atoms with E-state index in [1.807, 2.05) is 0 Å². The first-order valence-electron chi connectivity index (χ1n) is 7.22. The number of nitrogens with zero attached hydrogens (tertiary/aromatic N) is 1. The third-order valence-corrected chi connectivity index (χ3v) is 3.96. The van der Waals surface area contributed by atoms with Crippen LogP contribution >= 0.6 is 0 Å². The molecule has 0 aliphatic carbocycles. The van der Waals surface area contributed by atoms with Crippen LogP contribution in [0.4, 0.5) is 26.3 Å². The molecule has 1 rings (SSSR count). The molecule has 23 heavy (non-hydrogen) atoms. The summed E-state index contributed by atoms with van der Waals surface area (Å²) < 4.78 is 74.9. The predicted octanol–water partition coefficient (Wildman–Crippen LogP) is 5.49. The minimum absolute atomic E-state index is 0.337. The first-order valence-corrected chi connectivity index (χ1v) is 7.22. The molecule has 1 N–H and O–H groups in total. The van der Waals surface area contributed by atoms with Gasteiger partial charge in [0, 0.05) is 24.5 Å². The highest BCUT2D eigenvalue weighted by Crippen LogP contribution is 2.35. The summed E-state index contributed by atoms with van der Waals surface area (Å²) in [6, 6.07) is 0. The fraction of sp³-hybridized carbons (Fsp3) is 0.667. The van der Waals surface area contributed by atoms with E-state index in [2.05, 4.69) is 10.5 Å². The van der Waals surface area contributed by atoms with Crippen LogP contribution in [0.25, 0.3) is 0 Å². The van der Waals surface area contributed by atoms with Crippen molar-refractivity contribution in [1.29, 1.82) is 0 Å². The largest absolute Gasteiger partial charge is 0.389 e. The molecule has 1 aliphatic rings. The molecule has 0 saturated heterocycles. The molecule has 0 saturated carbocycles. The quantitative estimate of drug-likeness (QED) is 0.657. The topological polar surface area (TPSA) is 24.4 Å². The summed E-state index contributed by atoms with van der Waals surface area (Å²) >= 11 is 0. The van der Waals surface area contributed by atoms with Gasteiger partial charge in [-0.3, -0.25) is 5.43 Å². The molecule has 0 aromatic carbocycles. The number of hydrogen-bond acceptors (Lipinski definition) is 2. The number of alkyl halides is 6.